The maximum Gasteiger partial charge on any atom is 0.223 e. The summed E-state index contributed by atoms with van der Waals surface area (Å²) < 4.78 is 1.97. The summed E-state index contributed by atoms with van der Waals surface area (Å²) in [5.74, 6) is 1.31. The standard InChI is InChI=1S/C11H18N4O/c1-3-15-9(16)6-8(7-12)10(15)11-13-4-5-14(11)2/h4-5,8,10H,3,6-7,12H2,1-2H3/t8-,10-/m0/s1. The summed E-state index contributed by atoms with van der Waals surface area (Å²) in [6.07, 6.45) is 4.21. The predicted octanol–water partition coefficient (Wildman–Crippen LogP) is 0.288. The first kappa shape index (κ1) is 11.1. The van der Waals surface area contributed by atoms with E-state index in [9.17, 15) is 4.79 Å². The van der Waals surface area contributed by atoms with Crippen LogP contribution in [0.2, 0.25) is 0 Å². The van der Waals surface area contributed by atoms with Crippen LogP contribution < -0.4 is 5.73 Å². The van der Waals surface area contributed by atoms with Crippen molar-refractivity contribution in [2.24, 2.45) is 18.7 Å². The fourth-order valence-electron chi connectivity index (χ4n) is 2.46. The van der Waals surface area contributed by atoms with Crippen LogP contribution in [0.1, 0.15) is 25.2 Å². The van der Waals surface area contributed by atoms with Crippen molar-refractivity contribution in [1.82, 2.24) is 14.5 Å². The second-order valence-electron chi connectivity index (χ2n) is 4.22. The number of nitrogens with two attached hydrogens (primary N) is 1. The Labute approximate surface area is 95.2 Å². The first-order valence-corrected chi connectivity index (χ1v) is 5.65. The molecular weight excluding hydrogens is 204 g/mol. The summed E-state index contributed by atoms with van der Waals surface area (Å²) >= 11 is 0. The van der Waals surface area contributed by atoms with E-state index >= 15 is 0 Å². The summed E-state index contributed by atoms with van der Waals surface area (Å²) in [5, 5.41) is 0. The highest BCUT2D eigenvalue weighted by atomic mass is 16.2. The van der Waals surface area contributed by atoms with Gasteiger partial charge in [0.25, 0.3) is 0 Å². The van der Waals surface area contributed by atoms with Gasteiger partial charge in [-0.1, -0.05) is 0 Å². The molecule has 1 saturated heterocycles. The lowest BCUT2D eigenvalue weighted by Crippen LogP contribution is -2.32. The first-order valence-electron chi connectivity index (χ1n) is 5.65. The Hall–Kier alpha value is -1.36. The van der Waals surface area contributed by atoms with Crippen LogP contribution in [0.15, 0.2) is 12.4 Å². The number of aryl methyl sites for hydroxylation is 1. The van der Waals surface area contributed by atoms with Crippen LogP contribution in [0.4, 0.5) is 0 Å². The molecule has 1 aromatic rings. The van der Waals surface area contributed by atoms with Gasteiger partial charge in [-0.3, -0.25) is 4.79 Å². The lowest BCUT2D eigenvalue weighted by atomic mass is 10.00. The second-order valence-corrected chi connectivity index (χ2v) is 4.22. The highest BCUT2D eigenvalue weighted by molar-refractivity contribution is 5.79. The molecule has 0 saturated carbocycles. The van der Waals surface area contributed by atoms with Crippen molar-refractivity contribution in [3.05, 3.63) is 18.2 Å². The van der Waals surface area contributed by atoms with E-state index in [0.29, 0.717) is 19.5 Å². The van der Waals surface area contributed by atoms with E-state index in [1.54, 1.807) is 6.20 Å². The van der Waals surface area contributed by atoms with Gasteiger partial charge < -0.3 is 15.2 Å². The molecule has 1 aliphatic rings. The summed E-state index contributed by atoms with van der Waals surface area (Å²) in [6, 6.07) is 0.0440. The van der Waals surface area contributed by atoms with Crippen LogP contribution in [0.25, 0.3) is 0 Å². The average Bonchev–Trinajstić information content (AvgIpc) is 2.81. The van der Waals surface area contributed by atoms with Crippen molar-refractivity contribution in [3.8, 4) is 0 Å². The number of carbonyl (C=O) groups excluding carboxylic acids is 1. The second kappa shape index (κ2) is 4.25. The number of amides is 1. The molecule has 2 N–H and O–H groups in total. The van der Waals surface area contributed by atoms with Gasteiger partial charge in [-0.05, 0) is 13.5 Å². The lowest BCUT2D eigenvalue weighted by Gasteiger charge is -2.26. The molecule has 5 nitrogen and oxygen atoms in total. The number of hydrogen-bond acceptors (Lipinski definition) is 3. The third-order valence-electron chi connectivity index (χ3n) is 3.31. The van der Waals surface area contributed by atoms with Crippen molar-refractivity contribution in [3.63, 3.8) is 0 Å². The number of likely N-dealkylation sites (tertiary alicyclic amines) is 1. The highest BCUT2D eigenvalue weighted by Gasteiger charge is 2.40. The minimum atomic E-state index is 0.0440. The lowest BCUT2D eigenvalue weighted by molar-refractivity contribution is -0.128. The third-order valence-corrected chi connectivity index (χ3v) is 3.31. The monoisotopic (exact) mass is 222 g/mol. The Kier molecular flexibility index (Phi) is 2.96. The van der Waals surface area contributed by atoms with Gasteiger partial charge in [-0.2, -0.15) is 0 Å². The van der Waals surface area contributed by atoms with Crippen LogP contribution in [-0.4, -0.2) is 33.4 Å². The summed E-state index contributed by atoms with van der Waals surface area (Å²) in [5.41, 5.74) is 5.74. The number of hydrogen-bond donors (Lipinski definition) is 1. The average molecular weight is 222 g/mol. The Morgan fingerprint density at radius 3 is 2.88 bits per heavy atom. The fourth-order valence-corrected chi connectivity index (χ4v) is 2.46. The van der Waals surface area contributed by atoms with Crippen LogP contribution in [0, 0.1) is 5.92 Å². The van der Waals surface area contributed by atoms with Gasteiger partial charge in [0, 0.05) is 38.3 Å². The van der Waals surface area contributed by atoms with Gasteiger partial charge in [-0.25, -0.2) is 4.98 Å². The molecule has 0 aromatic carbocycles. The van der Waals surface area contributed by atoms with Gasteiger partial charge in [-0.15, -0.1) is 0 Å². The smallest absolute Gasteiger partial charge is 0.223 e. The van der Waals surface area contributed by atoms with E-state index in [1.165, 1.54) is 0 Å². The number of rotatable bonds is 3. The maximum atomic E-state index is 11.8. The zero-order valence-electron chi connectivity index (χ0n) is 9.76. The number of carbonyl (C=O) groups is 1. The van der Waals surface area contributed by atoms with Gasteiger partial charge in [0.15, 0.2) is 0 Å². The molecule has 0 aliphatic carbocycles. The quantitative estimate of drug-likeness (QED) is 0.799. The van der Waals surface area contributed by atoms with Crippen molar-refractivity contribution >= 4 is 5.91 Å². The molecule has 88 valence electrons. The SMILES string of the molecule is CCN1C(=O)C[C@@H](CN)[C@H]1c1nccn1C. The van der Waals surface area contributed by atoms with E-state index in [-0.39, 0.29) is 17.9 Å². The number of nitrogens with zero attached hydrogens (tertiary/aromatic N) is 3. The Balaban J connectivity index is 2.35. The summed E-state index contributed by atoms with van der Waals surface area (Å²) in [7, 11) is 1.95. The molecule has 1 fully saturated rings. The van der Waals surface area contributed by atoms with Crippen molar-refractivity contribution in [1.29, 1.82) is 0 Å². The normalized spacial score (nSPS) is 25.4. The molecule has 1 aliphatic heterocycles. The van der Waals surface area contributed by atoms with Gasteiger partial charge in [0.2, 0.25) is 5.91 Å². The molecule has 2 atom stereocenters. The Bertz CT molecular complexity index is 387. The fraction of sp³-hybridized carbons (Fsp3) is 0.636. The number of imidazole rings is 1. The van der Waals surface area contributed by atoms with Crippen molar-refractivity contribution < 1.29 is 4.79 Å². The van der Waals surface area contributed by atoms with Crippen LogP contribution in [0.3, 0.4) is 0 Å². The minimum Gasteiger partial charge on any atom is -0.336 e. The zero-order valence-corrected chi connectivity index (χ0v) is 9.76. The molecule has 1 amide bonds. The van der Waals surface area contributed by atoms with E-state index in [0.717, 1.165) is 5.82 Å². The molecule has 0 unspecified atom stereocenters. The van der Waals surface area contributed by atoms with E-state index in [2.05, 4.69) is 4.98 Å². The molecule has 1 aromatic heterocycles. The van der Waals surface area contributed by atoms with Crippen LogP contribution in [-0.2, 0) is 11.8 Å². The Morgan fingerprint density at radius 2 is 2.38 bits per heavy atom. The van der Waals surface area contributed by atoms with Crippen molar-refractivity contribution in [2.75, 3.05) is 13.1 Å². The molecule has 0 spiro atoms. The maximum absolute atomic E-state index is 11.8. The third kappa shape index (κ3) is 1.61. The van der Waals surface area contributed by atoms with Gasteiger partial charge >= 0.3 is 0 Å². The first-order chi connectivity index (χ1) is 7.69. The zero-order chi connectivity index (χ0) is 11.7. The molecule has 2 rings (SSSR count). The minimum absolute atomic E-state index is 0.0440. The summed E-state index contributed by atoms with van der Waals surface area (Å²) in [6.45, 7) is 3.24. The van der Waals surface area contributed by atoms with Crippen LogP contribution >= 0.6 is 0 Å². The number of aromatic nitrogens is 2. The molecule has 2 heterocycles. The van der Waals surface area contributed by atoms with Gasteiger partial charge in [0.1, 0.15) is 5.82 Å². The predicted molar refractivity (Wildman–Crippen MR) is 60.5 cm³/mol. The van der Waals surface area contributed by atoms with Crippen LogP contribution in [0.5, 0.6) is 0 Å². The van der Waals surface area contributed by atoms with E-state index in [1.807, 2.05) is 29.6 Å². The molecule has 0 bridgehead atoms. The van der Waals surface area contributed by atoms with Crippen molar-refractivity contribution in [2.45, 2.75) is 19.4 Å². The molecular formula is C11H18N4O. The van der Waals surface area contributed by atoms with E-state index in [4.69, 9.17) is 5.73 Å². The molecule has 16 heavy (non-hydrogen) atoms. The molecule has 0 radical (unpaired) electrons. The van der Waals surface area contributed by atoms with Gasteiger partial charge in [0.05, 0.1) is 6.04 Å². The Morgan fingerprint density at radius 1 is 1.62 bits per heavy atom. The largest absolute Gasteiger partial charge is 0.336 e. The molecule has 5 heteroatoms. The summed E-state index contributed by atoms with van der Waals surface area (Å²) in [4.78, 5) is 18.0. The topological polar surface area (TPSA) is 64.2 Å². The van der Waals surface area contributed by atoms with E-state index < -0.39 is 0 Å². The highest BCUT2D eigenvalue weighted by Crippen LogP contribution is 2.36.